The van der Waals surface area contributed by atoms with E-state index in [4.69, 9.17) is 4.52 Å². The van der Waals surface area contributed by atoms with Crippen molar-refractivity contribution in [3.8, 4) is 22.5 Å². The van der Waals surface area contributed by atoms with Gasteiger partial charge in [-0.25, -0.2) is 4.98 Å². The molecule has 4 rings (SSSR count). The lowest BCUT2D eigenvalue weighted by atomic mass is 9.95. The third kappa shape index (κ3) is 2.94. The van der Waals surface area contributed by atoms with E-state index in [1.807, 2.05) is 66.2 Å². The van der Waals surface area contributed by atoms with Crippen molar-refractivity contribution in [2.24, 2.45) is 0 Å². The van der Waals surface area contributed by atoms with Crippen LogP contribution in [0.3, 0.4) is 0 Å². The fourth-order valence-corrected chi connectivity index (χ4v) is 2.85. The van der Waals surface area contributed by atoms with Crippen LogP contribution < -0.4 is 0 Å². The molecule has 0 amide bonds. The van der Waals surface area contributed by atoms with Gasteiger partial charge in [0.2, 0.25) is 0 Å². The highest BCUT2D eigenvalue weighted by molar-refractivity contribution is 5.67. The van der Waals surface area contributed by atoms with Crippen LogP contribution >= 0.6 is 0 Å². The number of benzene rings is 1. The molecule has 0 radical (unpaired) electrons. The van der Waals surface area contributed by atoms with Gasteiger partial charge in [0.1, 0.15) is 22.8 Å². The summed E-state index contributed by atoms with van der Waals surface area (Å²) in [4.78, 5) is 4.59. The van der Waals surface area contributed by atoms with Crippen molar-refractivity contribution >= 4 is 5.65 Å². The second kappa shape index (κ2) is 5.57. The van der Waals surface area contributed by atoms with Crippen molar-refractivity contribution in [1.82, 2.24) is 14.5 Å². The Labute approximate surface area is 145 Å². The van der Waals surface area contributed by atoms with Crippen LogP contribution in [0.15, 0.2) is 59.4 Å². The first-order chi connectivity index (χ1) is 11.9. The Hall–Kier alpha value is -2.92. The van der Waals surface area contributed by atoms with Crippen LogP contribution in [-0.2, 0) is 5.60 Å². The van der Waals surface area contributed by atoms with Crippen molar-refractivity contribution in [1.29, 1.82) is 0 Å². The molecular formula is C20H19N3O2. The fraction of sp³-hybridized carbons (Fsp3) is 0.200. The number of hydrogen-bond donors (Lipinski definition) is 1. The molecule has 3 heterocycles. The molecule has 0 aliphatic heterocycles. The molecule has 1 aromatic carbocycles. The summed E-state index contributed by atoms with van der Waals surface area (Å²) in [6.07, 6.45) is 3.97. The minimum atomic E-state index is -0.868. The van der Waals surface area contributed by atoms with Crippen molar-refractivity contribution in [3.63, 3.8) is 0 Å². The van der Waals surface area contributed by atoms with E-state index in [0.29, 0.717) is 0 Å². The molecule has 0 saturated carbocycles. The molecular weight excluding hydrogens is 314 g/mol. The lowest BCUT2D eigenvalue weighted by Gasteiger charge is -2.18. The van der Waals surface area contributed by atoms with E-state index in [9.17, 15) is 5.11 Å². The van der Waals surface area contributed by atoms with Gasteiger partial charge in [-0.2, -0.15) is 0 Å². The molecule has 5 heteroatoms. The van der Waals surface area contributed by atoms with Crippen molar-refractivity contribution in [3.05, 3.63) is 66.2 Å². The second-order valence-electron chi connectivity index (χ2n) is 6.77. The molecule has 0 saturated heterocycles. The monoisotopic (exact) mass is 333 g/mol. The van der Waals surface area contributed by atoms with Crippen LogP contribution in [0.4, 0.5) is 0 Å². The van der Waals surface area contributed by atoms with Gasteiger partial charge in [0, 0.05) is 18.5 Å². The Morgan fingerprint density at radius 1 is 1.00 bits per heavy atom. The Kier molecular flexibility index (Phi) is 3.47. The summed E-state index contributed by atoms with van der Waals surface area (Å²) in [6.45, 7) is 5.44. The van der Waals surface area contributed by atoms with Gasteiger partial charge in [-0.1, -0.05) is 23.4 Å². The van der Waals surface area contributed by atoms with Gasteiger partial charge in [0.25, 0.3) is 0 Å². The zero-order chi connectivity index (χ0) is 17.6. The summed E-state index contributed by atoms with van der Waals surface area (Å²) in [7, 11) is 0. The lowest BCUT2D eigenvalue weighted by molar-refractivity contribution is 0.0786. The number of rotatable bonds is 3. The maximum Gasteiger partial charge on any atom is 0.137 e. The molecule has 126 valence electrons. The molecule has 0 aliphatic rings. The maximum atomic E-state index is 10.2. The van der Waals surface area contributed by atoms with Gasteiger partial charge >= 0.3 is 0 Å². The molecule has 0 aliphatic carbocycles. The Morgan fingerprint density at radius 2 is 1.84 bits per heavy atom. The fourth-order valence-electron chi connectivity index (χ4n) is 2.85. The number of aromatic nitrogens is 3. The lowest BCUT2D eigenvalue weighted by Crippen LogP contribution is -2.15. The maximum absolute atomic E-state index is 10.2. The van der Waals surface area contributed by atoms with E-state index >= 15 is 0 Å². The molecule has 0 spiro atoms. The molecule has 0 fully saturated rings. The molecule has 4 aromatic rings. The minimum Gasteiger partial charge on any atom is -0.386 e. The predicted molar refractivity (Wildman–Crippen MR) is 96.1 cm³/mol. The van der Waals surface area contributed by atoms with Crippen molar-refractivity contribution < 1.29 is 9.63 Å². The van der Waals surface area contributed by atoms with Gasteiger partial charge in [0.15, 0.2) is 0 Å². The first kappa shape index (κ1) is 15.6. The van der Waals surface area contributed by atoms with Crippen molar-refractivity contribution in [2.45, 2.75) is 26.4 Å². The highest BCUT2D eigenvalue weighted by Crippen LogP contribution is 2.27. The molecule has 1 N–H and O–H groups in total. The normalized spacial score (nSPS) is 12.0. The summed E-state index contributed by atoms with van der Waals surface area (Å²) in [6, 6.07) is 13.8. The van der Waals surface area contributed by atoms with E-state index in [-0.39, 0.29) is 0 Å². The summed E-state index contributed by atoms with van der Waals surface area (Å²) in [5.74, 6) is 0.760. The third-order valence-electron chi connectivity index (χ3n) is 4.24. The Bertz CT molecular complexity index is 1050. The number of imidazole rings is 1. The molecule has 3 aromatic heterocycles. The molecule has 0 bridgehead atoms. The predicted octanol–water partition coefficient (Wildman–Crippen LogP) is 4.19. The van der Waals surface area contributed by atoms with Gasteiger partial charge in [0.05, 0.1) is 5.60 Å². The Balaban J connectivity index is 1.77. The summed E-state index contributed by atoms with van der Waals surface area (Å²) < 4.78 is 7.11. The number of aliphatic hydroxyl groups is 1. The Morgan fingerprint density at radius 3 is 2.56 bits per heavy atom. The SMILES string of the molecule is Cc1cc(-c2cn3cc(-c4cccc(C(C)(C)O)c4)ccc3n2)no1. The summed E-state index contributed by atoms with van der Waals surface area (Å²) >= 11 is 0. The van der Waals surface area contributed by atoms with E-state index in [0.717, 1.165) is 39.5 Å². The summed E-state index contributed by atoms with van der Waals surface area (Å²) in [5, 5.41) is 14.3. The van der Waals surface area contributed by atoms with Crippen LogP contribution in [0.25, 0.3) is 28.2 Å². The standard InChI is InChI=1S/C20H19N3O2/c1-13-9-17(22-25-13)18-12-23-11-15(7-8-19(23)21-18)14-5-4-6-16(10-14)20(2,3)24/h4-12,24H,1-3H3. The van der Waals surface area contributed by atoms with Crippen LogP contribution in [0, 0.1) is 6.92 Å². The van der Waals surface area contributed by atoms with E-state index in [1.54, 1.807) is 13.8 Å². The van der Waals surface area contributed by atoms with E-state index < -0.39 is 5.60 Å². The van der Waals surface area contributed by atoms with Gasteiger partial charge in [-0.05, 0) is 55.7 Å². The van der Waals surface area contributed by atoms with Crippen LogP contribution in [0.5, 0.6) is 0 Å². The number of aryl methyl sites for hydroxylation is 1. The number of fused-ring (bicyclic) bond motifs is 1. The molecule has 5 nitrogen and oxygen atoms in total. The largest absolute Gasteiger partial charge is 0.386 e. The van der Waals surface area contributed by atoms with E-state index in [1.165, 1.54) is 0 Å². The third-order valence-corrected chi connectivity index (χ3v) is 4.24. The van der Waals surface area contributed by atoms with Gasteiger partial charge < -0.3 is 14.0 Å². The zero-order valence-electron chi connectivity index (χ0n) is 14.4. The van der Waals surface area contributed by atoms with Crippen LogP contribution in [0.2, 0.25) is 0 Å². The number of nitrogens with zero attached hydrogens (tertiary/aromatic N) is 3. The quantitative estimate of drug-likeness (QED) is 0.610. The first-order valence-corrected chi connectivity index (χ1v) is 8.16. The van der Waals surface area contributed by atoms with Crippen molar-refractivity contribution in [2.75, 3.05) is 0 Å². The van der Waals surface area contributed by atoms with Gasteiger partial charge in [-0.3, -0.25) is 0 Å². The number of pyridine rings is 1. The highest BCUT2D eigenvalue weighted by Gasteiger charge is 2.16. The minimum absolute atomic E-state index is 0.728. The highest BCUT2D eigenvalue weighted by atomic mass is 16.5. The van der Waals surface area contributed by atoms with Crippen LogP contribution in [0.1, 0.15) is 25.2 Å². The molecule has 25 heavy (non-hydrogen) atoms. The zero-order valence-corrected chi connectivity index (χ0v) is 14.4. The first-order valence-electron chi connectivity index (χ1n) is 8.16. The smallest absolute Gasteiger partial charge is 0.137 e. The molecule has 0 atom stereocenters. The van der Waals surface area contributed by atoms with E-state index in [2.05, 4.69) is 10.1 Å². The average molecular weight is 333 g/mol. The summed E-state index contributed by atoms with van der Waals surface area (Å²) in [5.41, 5.74) is 4.47. The van der Waals surface area contributed by atoms with Gasteiger partial charge in [-0.15, -0.1) is 0 Å². The molecule has 0 unspecified atom stereocenters. The average Bonchev–Trinajstić information content (AvgIpc) is 3.19. The topological polar surface area (TPSA) is 63.6 Å². The second-order valence-corrected chi connectivity index (χ2v) is 6.77. The van der Waals surface area contributed by atoms with Crippen LogP contribution in [-0.4, -0.2) is 19.6 Å². The number of hydrogen-bond acceptors (Lipinski definition) is 4.